The van der Waals surface area contributed by atoms with E-state index in [-0.39, 0.29) is 55.5 Å². The van der Waals surface area contributed by atoms with Crippen molar-refractivity contribution in [3.63, 3.8) is 0 Å². The van der Waals surface area contributed by atoms with E-state index in [0.717, 1.165) is 59.2 Å². The molecule has 5 atom stereocenters. The summed E-state index contributed by atoms with van der Waals surface area (Å²) in [4.78, 5) is 0. The summed E-state index contributed by atoms with van der Waals surface area (Å²) in [5.74, 6) is 10.2. The first-order valence-corrected chi connectivity index (χ1v) is 12.6. The van der Waals surface area contributed by atoms with Crippen LogP contribution >= 0.6 is 0 Å². The number of fused-ring (bicyclic) bond motifs is 3. The van der Waals surface area contributed by atoms with Crippen molar-refractivity contribution in [2.24, 2.45) is 64.6 Å². The van der Waals surface area contributed by atoms with Gasteiger partial charge in [0.1, 0.15) is 0 Å². The Balaban J connectivity index is -0.000000499. The van der Waals surface area contributed by atoms with Crippen molar-refractivity contribution in [3.05, 3.63) is 29.7 Å². The molecule has 0 amide bonds. The molecule has 0 heterocycles. The zero-order valence-electron chi connectivity index (χ0n) is 24.4. The van der Waals surface area contributed by atoms with Crippen molar-refractivity contribution in [2.45, 2.75) is 107 Å². The summed E-state index contributed by atoms with van der Waals surface area (Å²) >= 11 is 0. The van der Waals surface area contributed by atoms with Gasteiger partial charge in [0.15, 0.2) is 0 Å². The van der Waals surface area contributed by atoms with Crippen molar-refractivity contribution in [1.82, 2.24) is 0 Å². The van der Waals surface area contributed by atoms with Gasteiger partial charge in [0, 0.05) is 0 Å². The predicted molar refractivity (Wildman–Crippen MR) is 145 cm³/mol. The normalized spacial score (nSPS) is 42.0. The maximum Gasteiger partial charge on any atom is 4.00 e. The van der Waals surface area contributed by atoms with Crippen LogP contribution in [-0.4, -0.2) is 0 Å². The molecule has 0 bridgehead atoms. The van der Waals surface area contributed by atoms with Gasteiger partial charge in [-0.3, -0.25) is 0 Å². The van der Waals surface area contributed by atoms with Gasteiger partial charge in [-0.2, -0.15) is 0 Å². The molecular weight excluding hydrogens is 551 g/mol. The fraction of sp³-hybridized carbons (Fsp3) is 0.871. The first-order chi connectivity index (χ1) is 12.6. The van der Waals surface area contributed by atoms with Crippen LogP contribution in [0.4, 0.5) is 0 Å². The van der Waals surface area contributed by atoms with Crippen molar-refractivity contribution in [2.75, 3.05) is 0 Å². The van der Waals surface area contributed by atoms with Gasteiger partial charge in [-0.05, 0) is 96.7 Å². The average Bonchev–Trinajstić information content (AvgIpc) is 3.16. The fourth-order valence-corrected chi connectivity index (χ4v) is 8.08. The van der Waals surface area contributed by atoms with Crippen molar-refractivity contribution < 1.29 is 25.8 Å². The molecule has 1 heteroatoms. The van der Waals surface area contributed by atoms with Gasteiger partial charge in [0.2, 0.25) is 0 Å². The third-order valence-electron chi connectivity index (χ3n) is 10.5. The van der Waals surface area contributed by atoms with E-state index in [1.807, 2.05) is 0 Å². The van der Waals surface area contributed by atoms with Gasteiger partial charge in [-0.1, -0.05) is 74.7 Å². The second-order valence-electron chi connectivity index (χ2n) is 12.5. The standard InChI is InChI=1S/C17H30.C10H20.4CH3.Hf/c1-17(2,3)16-11-10-14-13-7-5-4-6-12(13)8-9-15(14)16;1-6-7(2)9(4)10(5)8(6)3;;;;;/h12-16H,4-11H2,1-3H3;6-10H,1-5H3;4*1H3;/q;;4*-1;+4. The van der Waals surface area contributed by atoms with Crippen molar-refractivity contribution >= 4 is 0 Å². The summed E-state index contributed by atoms with van der Waals surface area (Å²) < 4.78 is 0. The van der Waals surface area contributed by atoms with Crippen LogP contribution < -0.4 is 0 Å². The molecule has 0 nitrogen and oxygen atoms in total. The average molecular weight is 613 g/mol. The van der Waals surface area contributed by atoms with Gasteiger partial charge in [0.25, 0.3) is 0 Å². The van der Waals surface area contributed by atoms with Crippen LogP contribution in [0.3, 0.4) is 0 Å². The maximum atomic E-state index is 2.48. The quantitative estimate of drug-likeness (QED) is 0.189. The Morgan fingerprint density at radius 3 is 1.31 bits per heavy atom. The maximum absolute atomic E-state index is 2.48. The van der Waals surface area contributed by atoms with E-state index in [0.29, 0.717) is 5.41 Å². The molecule has 0 saturated heterocycles. The summed E-state index contributed by atoms with van der Waals surface area (Å²) in [6, 6.07) is 0. The predicted octanol–water partition coefficient (Wildman–Crippen LogP) is 10.3. The number of rotatable bonds is 0. The summed E-state index contributed by atoms with van der Waals surface area (Å²) in [6.07, 6.45) is 12.4. The van der Waals surface area contributed by atoms with Crippen molar-refractivity contribution in [1.29, 1.82) is 0 Å². The molecule has 0 N–H and O–H groups in total. The van der Waals surface area contributed by atoms with E-state index in [1.165, 1.54) is 19.3 Å². The van der Waals surface area contributed by atoms with E-state index in [9.17, 15) is 0 Å². The molecule has 0 aromatic rings. The molecule has 0 aromatic heterocycles. The number of hydrogen-bond donors (Lipinski definition) is 0. The zero-order chi connectivity index (χ0) is 19.9. The Kier molecular flexibility index (Phi) is 17.6. The van der Waals surface area contributed by atoms with Gasteiger partial charge in [0.05, 0.1) is 0 Å². The summed E-state index contributed by atoms with van der Waals surface area (Å²) in [5, 5.41) is 0. The van der Waals surface area contributed by atoms with Gasteiger partial charge < -0.3 is 29.7 Å². The third-order valence-corrected chi connectivity index (χ3v) is 10.5. The largest absolute Gasteiger partial charge is 4.00 e. The smallest absolute Gasteiger partial charge is 0.358 e. The third kappa shape index (κ3) is 7.68. The van der Waals surface area contributed by atoms with Crippen LogP contribution in [0.25, 0.3) is 0 Å². The molecule has 32 heavy (non-hydrogen) atoms. The summed E-state index contributed by atoms with van der Waals surface area (Å²) in [5.41, 5.74) is 0.556. The van der Waals surface area contributed by atoms with Crippen LogP contribution in [0.2, 0.25) is 0 Å². The van der Waals surface area contributed by atoms with Crippen LogP contribution in [0, 0.1) is 94.3 Å². The Labute approximate surface area is 226 Å². The molecule has 5 unspecified atom stereocenters. The minimum absolute atomic E-state index is 0. The van der Waals surface area contributed by atoms with Gasteiger partial charge in [-0.25, -0.2) is 0 Å². The fourth-order valence-electron chi connectivity index (χ4n) is 8.08. The zero-order valence-corrected chi connectivity index (χ0v) is 28.0. The molecule has 190 valence electrons. The second-order valence-corrected chi connectivity index (χ2v) is 12.5. The molecule has 4 saturated carbocycles. The minimum Gasteiger partial charge on any atom is -0.358 e. The van der Waals surface area contributed by atoms with E-state index < -0.39 is 0 Å². The molecule has 0 aliphatic heterocycles. The first kappa shape index (κ1) is 37.4. The minimum atomic E-state index is 0. The SMILES string of the molecule is CC(C)(C)C1CCC2C3CCCCC3CCC21.CC1C(C)C(C)C(C)C1C.[CH3-].[CH3-].[CH3-].[CH3-].[Hf+4]. The first-order valence-electron chi connectivity index (χ1n) is 12.6. The van der Waals surface area contributed by atoms with Crippen LogP contribution in [-0.2, 0) is 25.8 Å². The second kappa shape index (κ2) is 15.1. The van der Waals surface area contributed by atoms with E-state index in [1.54, 1.807) is 32.1 Å². The Bertz CT molecular complexity index is 433. The Morgan fingerprint density at radius 2 is 0.875 bits per heavy atom. The van der Waals surface area contributed by atoms with Crippen LogP contribution in [0.5, 0.6) is 0 Å². The van der Waals surface area contributed by atoms with Crippen LogP contribution in [0.15, 0.2) is 0 Å². The van der Waals surface area contributed by atoms with E-state index in [4.69, 9.17) is 0 Å². The molecular formula is C31H62Hf. The topological polar surface area (TPSA) is 0 Å². The molecule has 4 aliphatic rings. The van der Waals surface area contributed by atoms with Gasteiger partial charge >= 0.3 is 25.8 Å². The van der Waals surface area contributed by atoms with E-state index >= 15 is 0 Å². The summed E-state index contributed by atoms with van der Waals surface area (Å²) in [7, 11) is 0. The molecule has 4 rings (SSSR count). The van der Waals surface area contributed by atoms with Crippen LogP contribution in [0.1, 0.15) is 107 Å². The molecule has 0 spiro atoms. The van der Waals surface area contributed by atoms with E-state index in [2.05, 4.69) is 55.4 Å². The Morgan fingerprint density at radius 1 is 0.469 bits per heavy atom. The number of hydrogen-bond acceptors (Lipinski definition) is 0. The van der Waals surface area contributed by atoms with Gasteiger partial charge in [-0.15, -0.1) is 0 Å². The molecule has 4 fully saturated rings. The molecule has 4 aliphatic carbocycles. The molecule has 0 aromatic carbocycles. The Hall–Kier alpha value is 0.870. The monoisotopic (exact) mass is 614 g/mol. The summed E-state index contributed by atoms with van der Waals surface area (Å²) in [6.45, 7) is 19.4. The molecule has 0 radical (unpaired) electrons. The van der Waals surface area contributed by atoms with Crippen molar-refractivity contribution in [3.8, 4) is 0 Å².